The van der Waals surface area contributed by atoms with Crippen LogP contribution in [-0.2, 0) is 14.6 Å². The molecule has 0 saturated heterocycles. The highest BCUT2D eigenvalue weighted by molar-refractivity contribution is 7.90. The number of imidazole rings is 1. The molecule has 112 valence electrons. The molecule has 0 radical (unpaired) electrons. The van der Waals surface area contributed by atoms with E-state index in [1.807, 2.05) is 0 Å². The molecule has 2 aromatic rings. The van der Waals surface area contributed by atoms with Gasteiger partial charge in [0.15, 0.2) is 9.84 Å². The highest BCUT2D eigenvalue weighted by Gasteiger charge is 2.22. The molecule has 0 N–H and O–H groups in total. The number of benzene rings is 1. The van der Waals surface area contributed by atoms with Crippen molar-refractivity contribution >= 4 is 15.8 Å². The Morgan fingerprint density at radius 2 is 2.05 bits per heavy atom. The van der Waals surface area contributed by atoms with Gasteiger partial charge in [0.1, 0.15) is 5.82 Å². The van der Waals surface area contributed by atoms with Gasteiger partial charge in [-0.3, -0.25) is 0 Å². The number of aryl methyl sites for hydroxylation is 1. The van der Waals surface area contributed by atoms with Gasteiger partial charge in [0.2, 0.25) is 0 Å². The number of halogens is 1. The normalized spacial score (nSPS) is 11.4. The summed E-state index contributed by atoms with van der Waals surface area (Å²) in [6, 6.07) is 1.95. The molecular formula is C13H13FN2O4S. The average Bonchev–Trinajstić information content (AvgIpc) is 2.82. The second-order valence-electron chi connectivity index (χ2n) is 4.49. The van der Waals surface area contributed by atoms with Gasteiger partial charge >= 0.3 is 5.97 Å². The van der Waals surface area contributed by atoms with Crippen molar-refractivity contribution in [3.63, 3.8) is 0 Å². The van der Waals surface area contributed by atoms with E-state index >= 15 is 0 Å². The molecule has 0 spiro atoms. The van der Waals surface area contributed by atoms with Crippen molar-refractivity contribution < 1.29 is 22.3 Å². The zero-order valence-electron chi connectivity index (χ0n) is 11.6. The van der Waals surface area contributed by atoms with Crippen LogP contribution in [0, 0.1) is 12.7 Å². The standard InChI is InChI=1S/C13H13FN2O4S/c1-8-6-16(7-15-8)11-5-10(14)9(13(17)20-2)4-12(11)21(3,18)19/h4-7H,1-3H3. The van der Waals surface area contributed by atoms with Crippen LogP contribution in [0.25, 0.3) is 5.69 Å². The van der Waals surface area contributed by atoms with E-state index in [1.165, 1.54) is 10.9 Å². The molecule has 0 aliphatic heterocycles. The molecule has 1 heterocycles. The van der Waals surface area contributed by atoms with Crippen LogP contribution in [0.15, 0.2) is 29.6 Å². The molecule has 6 nitrogen and oxygen atoms in total. The van der Waals surface area contributed by atoms with Crippen molar-refractivity contribution in [3.8, 4) is 5.69 Å². The third-order valence-electron chi connectivity index (χ3n) is 2.84. The Morgan fingerprint density at radius 1 is 1.38 bits per heavy atom. The maximum absolute atomic E-state index is 14.0. The number of methoxy groups -OCH3 is 1. The Morgan fingerprint density at radius 3 is 2.52 bits per heavy atom. The van der Waals surface area contributed by atoms with Crippen LogP contribution < -0.4 is 0 Å². The van der Waals surface area contributed by atoms with Crippen LogP contribution in [0.4, 0.5) is 4.39 Å². The fourth-order valence-corrected chi connectivity index (χ4v) is 2.74. The lowest BCUT2D eigenvalue weighted by molar-refractivity contribution is 0.0595. The van der Waals surface area contributed by atoms with Crippen molar-refractivity contribution in [1.29, 1.82) is 0 Å². The highest BCUT2D eigenvalue weighted by Crippen LogP contribution is 2.25. The molecule has 21 heavy (non-hydrogen) atoms. The molecule has 0 saturated carbocycles. The lowest BCUT2D eigenvalue weighted by Gasteiger charge is -2.11. The van der Waals surface area contributed by atoms with Crippen LogP contribution >= 0.6 is 0 Å². The van der Waals surface area contributed by atoms with Crippen molar-refractivity contribution in [2.75, 3.05) is 13.4 Å². The van der Waals surface area contributed by atoms with E-state index in [1.54, 1.807) is 13.1 Å². The largest absolute Gasteiger partial charge is 0.465 e. The van der Waals surface area contributed by atoms with E-state index in [0.717, 1.165) is 25.5 Å². The zero-order valence-corrected chi connectivity index (χ0v) is 12.4. The fraction of sp³-hybridized carbons (Fsp3) is 0.231. The summed E-state index contributed by atoms with van der Waals surface area (Å²) in [6.45, 7) is 1.72. The minimum absolute atomic E-state index is 0.0863. The summed E-state index contributed by atoms with van der Waals surface area (Å²) in [4.78, 5) is 15.3. The first kappa shape index (κ1) is 15.2. The van der Waals surface area contributed by atoms with Crippen molar-refractivity contribution in [1.82, 2.24) is 9.55 Å². The third kappa shape index (κ3) is 2.94. The van der Waals surface area contributed by atoms with Crippen LogP contribution in [0.1, 0.15) is 16.1 Å². The first-order valence-corrected chi connectivity index (χ1v) is 7.76. The Kier molecular flexibility index (Phi) is 3.82. The smallest absolute Gasteiger partial charge is 0.340 e. The Bertz CT molecular complexity index is 812. The molecule has 0 bridgehead atoms. The zero-order chi connectivity index (χ0) is 15.8. The summed E-state index contributed by atoms with van der Waals surface area (Å²) in [6.07, 6.45) is 3.91. The van der Waals surface area contributed by atoms with Gasteiger partial charge in [0, 0.05) is 18.5 Å². The number of ether oxygens (including phenoxy) is 1. The van der Waals surface area contributed by atoms with Crippen LogP contribution in [0.5, 0.6) is 0 Å². The first-order chi connectivity index (χ1) is 9.74. The third-order valence-corrected chi connectivity index (χ3v) is 3.97. The summed E-state index contributed by atoms with van der Waals surface area (Å²) in [5.41, 5.74) is 0.300. The van der Waals surface area contributed by atoms with Gasteiger partial charge in [-0.25, -0.2) is 22.6 Å². The number of esters is 1. The van der Waals surface area contributed by atoms with Gasteiger partial charge in [-0.1, -0.05) is 0 Å². The summed E-state index contributed by atoms with van der Waals surface area (Å²) in [5, 5.41) is 0. The van der Waals surface area contributed by atoms with Gasteiger partial charge in [-0.05, 0) is 13.0 Å². The maximum atomic E-state index is 14.0. The van der Waals surface area contributed by atoms with E-state index in [4.69, 9.17) is 0 Å². The number of carbonyl (C=O) groups excluding carboxylic acids is 1. The molecule has 1 aromatic carbocycles. The van der Waals surface area contributed by atoms with Crippen LogP contribution in [0.3, 0.4) is 0 Å². The van der Waals surface area contributed by atoms with Crippen LogP contribution in [-0.4, -0.2) is 37.3 Å². The number of nitrogens with zero attached hydrogens (tertiary/aromatic N) is 2. The van der Waals surface area contributed by atoms with E-state index in [9.17, 15) is 17.6 Å². The number of hydrogen-bond acceptors (Lipinski definition) is 5. The van der Waals surface area contributed by atoms with Gasteiger partial charge in [-0.2, -0.15) is 0 Å². The monoisotopic (exact) mass is 312 g/mol. The SMILES string of the molecule is COC(=O)c1cc(S(C)(=O)=O)c(-n2cnc(C)c2)cc1F. The van der Waals surface area contributed by atoms with Gasteiger partial charge in [0.05, 0.1) is 35.3 Å². The molecule has 0 aliphatic rings. The summed E-state index contributed by atoms with van der Waals surface area (Å²) in [5.74, 6) is -1.80. The van der Waals surface area contributed by atoms with Crippen molar-refractivity contribution in [3.05, 3.63) is 41.7 Å². The second-order valence-corrected chi connectivity index (χ2v) is 6.47. The van der Waals surface area contributed by atoms with Crippen molar-refractivity contribution in [2.45, 2.75) is 11.8 Å². The minimum Gasteiger partial charge on any atom is -0.465 e. The van der Waals surface area contributed by atoms with E-state index < -0.39 is 27.2 Å². The number of hydrogen-bond donors (Lipinski definition) is 0. The van der Waals surface area contributed by atoms with E-state index in [2.05, 4.69) is 9.72 Å². The molecule has 0 fully saturated rings. The van der Waals surface area contributed by atoms with E-state index in [-0.39, 0.29) is 10.6 Å². The van der Waals surface area contributed by atoms with Gasteiger partial charge in [0.25, 0.3) is 0 Å². The number of rotatable bonds is 3. The predicted molar refractivity (Wildman–Crippen MR) is 72.7 cm³/mol. The number of sulfone groups is 1. The Labute approximate surface area is 121 Å². The quantitative estimate of drug-likeness (QED) is 0.634. The van der Waals surface area contributed by atoms with E-state index in [0.29, 0.717) is 5.69 Å². The molecule has 0 amide bonds. The van der Waals surface area contributed by atoms with Gasteiger partial charge < -0.3 is 9.30 Å². The Hall–Kier alpha value is -2.22. The molecule has 0 aliphatic carbocycles. The molecule has 8 heteroatoms. The Balaban J connectivity index is 2.77. The molecule has 0 atom stereocenters. The van der Waals surface area contributed by atoms with Gasteiger partial charge in [-0.15, -0.1) is 0 Å². The molecular weight excluding hydrogens is 299 g/mol. The summed E-state index contributed by atoms with van der Waals surface area (Å²) >= 11 is 0. The lowest BCUT2D eigenvalue weighted by Crippen LogP contribution is -2.11. The topological polar surface area (TPSA) is 78.3 Å². The number of carbonyl (C=O) groups is 1. The molecule has 0 unspecified atom stereocenters. The van der Waals surface area contributed by atoms with Crippen molar-refractivity contribution in [2.24, 2.45) is 0 Å². The predicted octanol–water partition coefficient (Wildman–Crippen LogP) is 1.51. The summed E-state index contributed by atoms with van der Waals surface area (Å²) < 4.78 is 43.6. The molecule has 1 aromatic heterocycles. The highest BCUT2D eigenvalue weighted by atomic mass is 32.2. The fourth-order valence-electron chi connectivity index (χ4n) is 1.86. The first-order valence-electron chi connectivity index (χ1n) is 5.87. The average molecular weight is 312 g/mol. The lowest BCUT2D eigenvalue weighted by atomic mass is 10.2. The summed E-state index contributed by atoms with van der Waals surface area (Å²) in [7, 11) is -2.58. The van der Waals surface area contributed by atoms with Crippen LogP contribution in [0.2, 0.25) is 0 Å². The number of aromatic nitrogens is 2. The second kappa shape index (κ2) is 5.28. The molecule has 2 rings (SSSR count). The maximum Gasteiger partial charge on any atom is 0.340 e. The minimum atomic E-state index is -3.68.